The van der Waals surface area contributed by atoms with Crippen LogP contribution in [0.25, 0.3) is 0 Å². The summed E-state index contributed by atoms with van der Waals surface area (Å²) in [5.74, 6) is 2.01. The molecule has 1 aromatic rings. The molecule has 0 aliphatic heterocycles. The van der Waals surface area contributed by atoms with Gasteiger partial charge >= 0.3 is 0 Å². The molecular weight excluding hydrogens is 218 g/mol. The quantitative estimate of drug-likeness (QED) is 0.765. The third-order valence-electron chi connectivity index (χ3n) is 3.00. The van der Waals surface area contributed by atoms with Crippen molar-refractivity contribution < 1.29 is 4.79 Å². The summed E-state index contributed by atoms with van der Waals surface area (Å²) in [5.41, 5.74) is 5.88. The molecule has 0 saturated heterocycles. The molecule has 3 N–H and O–H groups in total. The number of amides is 1. The number of carbonyl (C=O) groups is 1. The molecule has 2 rings (SSSR count). The zero-order valence-electron chi connectivity index (χ0n) is 10.3. The molecule has 1 aliphatic carbocycles. The number of aryl methyl sites for hydroxylation is 1. The second kappa shape index (κ2) is 4.83. The highest BCUT2D eigenvalue weighted by atomic mass is 16.2. The molecule has 0 aromatic carbocycles. The first-order valence-corrected chi connectivity index (χ1v) is 5.94. The number of rotatable bonds is 5. The van der Waals surface area contributed by atoms with E-state index < -0.39 is 0 Å². The molecule has 1 atom stereocenters. The Hall–Kier alpha value is -1.43. The Balaban J connectivity index is 1.85. The van der Waals surface area contributed by atoms with Gasteiger partial charge in [0.15, 0.2) is 5.82 Å². The van der Waals surface area contributed by atoms with Crippen molar-refractivity contribution >= 4 is 5.91 Å². The minimum atomic E-state index is -0.382. The van der Waals surface area contributed by atoms with Crippen LogP contribution in [0.1, 0.15) is 30.9 Å². The normalized spacial score (nSPS) is 16.9. The highest BCUT2D eigenvalue weighted by Crippen LogP contribution is 2.33. The summed E-state index contributed by atoms with van der Waals surface area (Å²) < 4.78 is 0. The molecule has 1 heterocycles. The van der Waals surface area contributed by atoms with Crippen molar-refractivity contribution in [1.82, 2.24) is 20.1 Å². The molecule has 1 aliphatic rings. The van der Waals surface area contributed by atoms with Crippen LogP contribution < -0.4 is 5.73 Å². The number of carbonyl (C=O) groups excluding carboxylic acids is 1. The molecule has 0 unspecified atom stereocenters. The van der Waals surface area contributed by atoms with Gasteiger partial charge in [0.05, 0.1) is 12.6 Å². The van der Waals surface area contributed by atoms with Gasteiger partial charge in [-0.2, -0.15) is 5.10 Å². The zero-order valence-corrected chi connectivity index (χ0v) is 10.3. The van der Waals surface area contributed by atoms with Crippen molar-refractivity contribution in [1.29, 1.82) is 0 Å². The van der Waals surface area contributed by atoms with E-state index in [2.05, 4.69) is 15.2 Å². The van der Waals surface area contributed by atoms with Crippen LogP contribution in [0.2, 0.25) is 0 Å². The molecule has 1 saturated carbocycles. The van der Waals surface area contributed by atoms with Crippen molar-refractivity contribution in [2.45, 2.75) is 38.8 Å². The predicted octanol–water partition coefficient (Wildman–Crippen LogP) is 0.199. The largest absolute Gasteiger partial charge is 0.337 e. The third kappa shape index (κ3) is 3.26. The van der Waals surface area contributed by atoms with E-state index in [-0.39, 0.29) is 11.9 Å². The standard InChI is InChI=1S/C11H19N5O/c1-7-13-10(15-14-7)6-16(2)11(17)9(12)5-8-3-4-8/h8-9H,3-6,12H2,1-2H3,(H,13,14,15)/t9-/m0/s1. The van der Waals surface area contributed by atoms with E-state index in [9.17, 15) is 4.79 Å². The number of hydrogen-bond acceptors (Lipinski definition) is 4. The monoisotopic (exact) mass is 237 g/mol. The lowest BCUT2D eigenvalue weighted by molar-refractivity contribution is -0.132. The maximum absolute atomic E-state index is 12.0. The average Bonchev–Trinajstić information content (AvgIpc) is 3.00. The first-order chi connectivity index (χ1) is 8.06. The molecule has 1 fully saturated rings. The Kier molecular flexibility index (Phi) is 3.42. The third-order valence-corrected chi connectivity index (χ3v) is 3.00. The summed E-state index contributed by atoms with van der Waals surface area (Å²) in [6.45, 7) is 2.23. The Morgan fingerprint density at radius 1 is 1.65 bits per heavy atom. The van der Waals surface area contributed by atoms with Gasteiger partial charge in [-0.05, 0) is 19.3 Å². The number of H-pyrrole nitrogens is 1. The highest BCUT2D eigenvalue weighted by molar-refractivity contribution is 5.81. The van der Waals surface area contributed by atoms with Crippen molar-refractivity contribution in [3.8, 4) is 0 Å². The second-order valence-corrected chi connectivity index (χ2v) is 4.82. The van der Waals surface area contributed by atoms with Crippen LogP contribution in [0.4, 0.5) is 0 Å². The van der Waals surface area contributed by atoms with Gasteiger partial charge in [-0.3, -0.25) is 9.89 Å². The summed E-state index contributed by atoms with van der Waals surface area (Å²) in [4.78, 5) is 17.7. The number of nitrogens with one attached hydrogen (secondary N) is 1. The van der Waals surface area contributed by atoms with Crippen molar-refractivity contribution in [3.05, 3.63) is 11.6 Å². The van der Waals surface area contributed by atoms with Crippen LogP contribution in [0.3, 0.4) is 0 Å². The minimum Gasteiger partial charge on any atom is -0.337 e. The lowest BCUT2D eigenvalue weighted by Crippen LogP contribution is -2.41. The van der Waals surface area contributed by atoms with Crippen LogP contribution in [0.5, 0.6) is 0 Å². The number of aromatic nitrogens is 3. The fourth-order valence-electron chi connectivity index (χ4n) is 1.85. The first kappa shape index (κ1) is 12.0. The molecule has 17 heavy (non-hydrogen) atoms. The first-order valence-electron chi connectivity index (χ1n) is 5.94. The van der Waals surface area contributed by atoms with Gasteiger partial charge in [-0.15, -0.1) is 0 Å². The molecular formula is C11H19N5O. The molecule has 0 spiro atoms. The molecule has 1 aromatic heterocycles. The summed E-state index contributed by atoms with van der Waals surface area (Å²) in [6, 6.07) is -0.382. The summed E-state index contributed by atoms with van der Waals surface area (Å²) in [6.07, 6.45) is 3.23. The smallest absolute Gasteiger partial charge is 0.239 e. The Labute approximate surface area is 101 Å². The van der Waals surface area contributed by atoms with Crippen LogP contribution in [-0.4, -0.2) is 39.1 Å². The second-order valence-electron chi connectivity index (χ2n) is 4.82. The van der Waals surface area contributed by atoms with E-state index in [1.54, 1.807) is 11.9 Å². The predicted molar refractivity (Wildman–Crippen MR) is 62.9 cm³/mol. The number of hydrogen-bond donors (Lipinski definition) is 2. The van der Waals surface area contributed by atoms with E-state index in [1.807, 2.05) is 6.92 Å². The van der Waals surface area contributed by atoms with E-state index in [0.717, 1.165) is 12.2 Å². The topological polar surface area (TPSA) is 87.9 Å². The maximum Gasteiger partial charge on any atom is 0.239 e. The lowest BCUT2D eigenvalue weighted by atomic mass is 10.1. The SMILES string of the molecule is Cc1nc(CN(C)C(=O)[C@@H](N)CC2CC2)n[nH]1. The summed E-state index contributed by atoms with van der Waals surface area (Å²) >= 11 is 0. The lowest BCUT2D eigenvalue weighted by Gasteiger charge is -2.19. The van der Waals surface area contributed by atoms with Gasteiger partial charge in [0, 0.05) is 7.05 Å². The Bertz CT molecular complexity index is 398. The Morgan fingerprint density at radius 2 is 2.35 bits per heavy atom. The van der Waals surface area contributed by atoms with Crippen molar-refractivity contribution in [3.63, 3.8) is 0 Å². The number of aromatic amines is 1. The maximum atomic E-state index is 12.0. The number of likely N-dealkylation sites (N-methyl/N-ethyl adjacent to an activating group) is 1. The molecule has 6 nitrogen and oxygen atoms in total. The van der Waals surface area contributed by atoms with Crippen molar-refractivity contribution in [2.24, 2.45) is 11.7 Å². The number of nitrogens with zero attached hydrogens (tertiary/aromatic N) is 3. The van der Waals surface area contributed by atoms with Gasteiger partial charge < -0.3 is 10.6 Å². The highest BCUT2D eigenvalue weighted by Gasteiger charge is 2.28. The van der Waals surface area contributed by atoms with Gasteiger partial charge in [0.25, 0.3) is 0 Å². The molecule has 6 heteroatoms. The Morgan fingerprint density at radius 3 is 2.88 bits per heavy atom. The van der Waals surface area contributed by atoms with Crippen molar-refractivity contribution in [2.75, 3.05) is 7.05 Å². The van der Waals surface area contributed by atoms with Gasteiger partial charge in [0.2, 0.25) is 5.91 Å². The molecule has 0 bridgehead atoms. The van der Waals surface area contributed by atoms with Crippen LogP contribution in [0, 0.1) is 12.8 Å². The molecule has 1 amide bonds. The van der Waals surface area contributed by atoms with E-state index in [0.29, 0.717) is 18.3 Å². The number of nitrogens with two attached hydrogens (primary N) is 1. The summed E-state index contributed by atoms with van der Waals surface area (Å²) in [7, 11) is 1.74. The van der Waals surface area contributed by atoms with Crippen LogP contribution in [0.15, 0.2) is 0 Å². The average molecular weight is 237 g/mol. The summed E-state index contributed by atoms with van der Waals surface area (Å²) in [5, 5.41) is 6.75. The zero-order chi connectivity index (χ0) is 12.4. The molecule has 94 valence electrons. The minimum absolute atomic E-state index is 0.0284. The van der Waals surface area contributed by atoms with Gasteiger partial charge in [0.1, 0.15) is 5.82 Å². The van der Waals surface area contributed by atoms with E-state index >= 15 is 0 Å². The fourth-order valence-corrected chi connectivity index (χ4v) is 1.85. The van der Waals surface area contributed by atoms with E-state index in [4.69, 9.17) is 5.73 Å². The van der Waals surface area contributed by atoms with Crippen LogP contribution in [-0.2, 0) is 11.3 Å². The fraction of sp³-hybridized carbons (Fsp3) is 0.727. The van der Waals surface area contributed by atoms with Gasteiger partial charge in [-0.1, -0.05) is 12.8 Å². The van der Waals surface area contributed by atoms with Crippen LogP contribution >= 0.6 is 0 Å². The molecule has 0 radical (unpaired) electrons. The van der Waals surface area contributed by atoms with Gasteiger partial charge in [-0.25, -0.2) is 4.98 Å². The van der Waals surface area contributed by atoms with E-state index in [1.165, 1.54) is 12.8 Å².